The van der Waals surface area contributed by atoms with Gasteiger partial charge in [0.15, 0.2) is 9.84 Å². The summed E-state index contributed by atoms with van der Waals surface area (Å²) >= 11 is 0. The topological polar surface area (TPSA) is 102 Å². The molecule has 0 bridgehead atoms. The summed E-state index contributed by atoms with van der Waals surface area (Å²) in [5, 5.41) is 10.2. The molecule has 3 aromatic carbocycles. The van der Waals surface area contributed by atoms with Gasteiger partial charge in [0, 0.05) is 0 Å². The van der Waals surface area contributed by atoms with Gasteiger partial charge in [0.1, 0.15) is 5.75 Å². The van der Waals surface area contributed by atoms with Crippen molar-refractivity contribution in [3.05, 3.63) is 108 Å². The van der Waals surface area contributed by atoms with E-state index in [0.29, 0.717) is 0 Å². The minimum absolute atomic E-state index is 0.102. The number of nitrogens with zero attached hydrogens (tertiary/aromatic N) is 2. The number of nitrogens with one attached hydrogen (secondary N) is 1. The standard InChI is InChI=1S/C23H19N3O4S/c27-22(21(17-10-4-1-5-11-17)18-12-6-2-7-13-18)24-23-26-25-20(30-23)16-31(28,29)19-14-8-3-9-15-19/h1-15,21H,16H2,(H,24,26,27). The summed E-state index contributed by atoms with van der Waals surface area (Å²) in [6, 6.07) is 26.5. The number of carbonyl (C=O) groups excluding carboxylic acids is 1. The number of benzene rings is 3. The van der Waals surface area contributed by atoms with Crippen molar-refractivity contribution in [3.8, 4) is 0 Å². The predicted octanol–water partition coefficient (Wildman–Crippen LogP) is 3.81. The maximum atomic E-state index is 13.1. The van der Waals surface area contributed by atoms with Gasteiger partial charge in [-0.3, -0.25) is 10.1 Å². The summed E-state index contributed by atoms with van der Waals surface area (Å²) < 4.78 is 30.4. The highest BCUT2D eigenvalue weighted by molar-refractivity contribution is 7.90. The Labute approximate surface area is 179 Å². The van der Waals surface area contributed by atoms with E-state index in [1.165, 1.54) is 12.1 Å². The fraction of sp³-hybridized carbons (Fsp3) is 0.0870. The second-order valence-corrected chi connectivity index (χ2v) is 8.81. The van der Waals surface area contributed by atoms with Crippen LogP contribution in [-0.4, -0.2) is 24.5 Å². The highest BCUT2D eigenvalue weighted by Gasteiger charge is 2.25. The smallest absolute Gasteiger partial charge is 0.322 e. The fourth-order valence-corrected chi connectivity index (χ4v) is 4.38. The van der Waals surface area contributed by atoms with E-state index in [0.717, 1.165) is 11.1 Å². The number of rotatable bonds is 7. The van der Waals surface area contributed by atoms with Crippen LogP contribution in [0.4, 0.5) is 6.01 Å². The maximum absolute atomic E-state index is 13.1. The maximum Gasteiger partial charge on any atom is 0.322 e. The molecule has 1 N–H and O–H groups in total. The lowest BCUT2D eigenvalue weighted by Gasteiger charge is -2.16. The van der Waals surface area contributed by atoms with Crippen LogP contribution in [0.5, 0.6) is 0 Å². The van der Waals surface area contributed by atoms with E-state index in [-0.39, 0.29) is 22.7 Å². The average molecular weight is 433 g/mol. The van der Waals surface area contributed by atoms with Gasteiger partial charge >= 0.3 is 6.01 Å². The van der Waals surface area contributed by atoms with Crippen LogP contribution in [0, 0.1) is 0 Å². The van der Waals surface area contributed by atoms with E-state index >= 15 is 0 Å². The van der Waals surface area contributed by atoms with Crippen molar-refractivity contribution in [1.82, 2.24) is 10.2 Å². The quantitative estimate of drug-likeness (QED) is 0.475. The lowest BCUT2D eigenvalue weighted by Crippen LogP contribution is -2.22. The number of amides is 1. The van der Waals surface area contributed by atoms with Crippen molar-refractivity contribution in [1.29, 1.82) is 0 Å². The summed E-state index contributed by atoms with van der Waals surface area (Å²) in [7, 11) is -3.64. The lowest BCUT2D eigenvalue weighted by molar-refractivity contribution is -0.116. The molecule has 0 saturated heterocycles. The van der Waals surface area contributed by atoms with Gasteiger partial charge in [0.2, 0.25) is 11.8 Å². The zero-order valence-electron chi connectivity index (χ0n) is 16.4. The predicted molar refractivity (Wildman–Crippen MR) is 115 cm³/mol. The number of carbonyl (C=O) groups is 1. The highest BCUT2D eigenvalue weighted by Crippen LogP contribution is 2.26. The molecule has 0 aliphatic heterocycles. The molecule has 1 aromatic heterocycles. The zero-order valence-corrected chi connectivity index (χ0v) is 17.2. The second kappa shape index (κ2) is 8.93. The van der Waals surface area contributed by atoms with Gasteiger partial charge in [-0.25, -0.2) is 8.42 Å². The second-order valence-electron chi connectivity index (χ2n) is 6.82. The van der Waals surface area contributed by atoms with Crippen molar-refractivity contribution >= 4 is 21.8 Å². The van der Waals surface area contributed by atoms with Crippen LogP contribution in [0.3, 0.4) is 0 Å². The molecule has 0 spiro atoms. The van der Waals surface area contributed by atoms with E-state index in [9.17, 15) is 13.2 Å². The molecule has 7 nitrogen and oxygen atoms in total. The molecule has 0 aliphatic carbocycles. The minimum Gasteiger partial charge on any atom is -0.407 e. The van der Waals surface area contributed by atoms with Gasteiger partial charge < -0.3 is 4.42 Å². The normalized spacial score (nSPS) is 11.4. The van der Waals surface area contributed by atoms with Crippen LogP contribution in [-0.2, 0) is 20.4 Å². The molecule has 0 unspecified atom stereocenters. The van der Waals surface area contributed by atoms with E-state index in [4.69, 9.17) is 4.42 Å². The molecule has 4 aromatic rings. The Balaban J connectivity index is 1.54. The molecule has 1 heterocycles. The summed E-state index contributed by atoms with van der Waals surface area (Å²) in [5.41, 5.74) is 1.61. The first-order chi connectivity index (χ1) is 15.0. The molecule has 4 rings (SSSR count). The first-order valence-corrected chi connectivity index (χ1v) is 11.2. The van der Waals surface area contributed by atoms with E-state index in [1.54, 1.807) is 18.2 Å². The van der Waals surface area contributed by atoms with Gasteiger partial charge in [-0.15, -0.1) is 5.10 Å². The number of anilines is 1. The Hall–Kier alpha value is -3.78. The zero-order chi connectivity index (χ0) is 21.7. The molecule has 0 aliphatic rings. The summed E-state index contributed by atoms with van der Waals surface area (Å²) in [4.78, 5) is 13.2. The Morgan fingerprint density at radius 3 is 1.87 bits per heavy atom. The van der Waals surface area contributed by atoms with Crippen LogP contribution in [0.15, 0.2) is 100 Å². The van der Waals surface area contributed by atoms with Gasteiger partial charge in [0.05, 0.1) is 10.8 Å². The molecule has 0 atom stereocenters. The molecule has 0 saturated carbocycles. The lowest BCUT2D eigenvalue weighted by atomic mass is 9.90. The molecular weight excluding hydrogens is 414 g/mol. The van der Waals surface area contributed by atoms with Gasteiger partial charge in [0.25, 0.3) is 0 Å². The van der Waals surface area contributed by atoms with Crippen molar-refractivity contribution in [3.63, 3.8) is 0 Å². The Morgan fingerprint density at radius 1 is 0.806 bits per heavy atom. The first kappa shape index (κ1) is 20.5. The molecule has 0 radical (unpaired) electrons. The fourth-order valence-electron chi connectivity index (χ4n) is 3.20. The number of aromatic nitrogens is 2. The Kier molecular flexibility index (Phi) is 5.90. The SMILES string of the molecule is O=C(Nc1nnc(CS(=O)(=O)c2ccccc2)o1)C(c1ccccc1)c1ccccc1. The summed E-state index contributed by atoms with van der Waals surface area (Å²) in [5.74, 6) is -1.51. The molecule has 0 fully saturated rings. The van der Waals surface area contributed by atoms with Crippen LogP contribution >= 0.6 is 0 Å². The molecule has 156 valence electrons. The van der Waals surface area contributed by atoms with Gasteiger partial charge in [-0.2, -0.15) is 0 Å². The largest absolute Gasteiger partial charge is 0.407 e. The monoisotopic (exact) mass is 433 g/mol. The highest BCUT2D eigenvalue weighted by atomic mass is 32.2. The van der Waals surface area contributed by atoms with Crippen molar-refractivity contribution < 1.29 is 17.6 Å². The molecule has 1 amide bonds. The van der Waals surface area contributed by atoms with Crippen molar-refractivity contribution in [2.24, 2.45) is 0 Å². The van der Waals surface area contributed by atoms with Crippen LogP contribution in [0.25, 0.3) is 0 Å². The van der Waals surface area contributed by atoms with Crippen LogP contribution in [0.1, 0.15) is 22.9 Å². The first-order valence-electron chi connectivity index (χ1n) is 9.54. The molecule has 31 heavy (non-hydrogen) atoms. The Morgan fingerprint density at radius 2 is 1.32 bits per heavy atom. The third kappa shape index (κ3) is 4.87. The summed E-state index contributed by atoms with van der Waals surface area (Å²) in [6.07, 6.45) is 0. The van der Waals surface area contributed by atoms with Crippen LogP contribution in [0.2, 0.25) is 0 Å². The summed E-state index contributed by atoms with van der Waals surface area (Å²) in [6.45, 7) is 0. The third-order valence-electron chi connectivity index (χ3n) is 4.64. The van der Waals surface area contributed by atoms with Crippen molar-refractivity contribution in [2.75, 3.05) is 5.32 Å². The van der Waals surface area contributed by atoms with E-state index in [2.05, 4.69) is 15.5 Å². The molecular formula is C23H19N3O4S. The number of hydrogen-bond donors (Lipinski definition) is 1. The van der Waals surface area contributed by atoms with E-state index < -0.39 is 21.5 Å². The van der Waals surface area contributed by atoms with Crippen LogP contribution < -0.4 is 5.32 Å². The number of sulfone groups is 1. The van der Waals surface area contributed by atoms with Gasteiger partial charge in [-0.1, -0.05) is 84.0 Å². The number of hydrogen-bond acceptors (Lipinski definition) is 6. The Bertz CT molecular complexity index is 1220. The third-order valence-corrected chi connectivity index (χ3v) is 6.26. The van der Waals surface area contributed by atoms with E-state index in [1.807, 2.05) is 60.7 Å². The van der Waals surface area contributed by atoms with Gasteiger partial charge in [-0.05, 0) is 23.3 Å². The molecule has 8 heteroatoms. The minimum atomic E-state index is -3.64. The van der Waals surface area contributed by atoms with Crippen molar-refractivity contribution in [2.45, 2.75) is 16.6 Å². The average Bonchev–Trinajstić information content (AvgIpc) is 3.22.